The van der Waals surface area contributed by atoms with Gasteiger partial charge in [-0.15, -0.1) is 0 Å². The molecule has 0 spiro atoms. The molecule has 0 unspecified atom stereocenters. The molecule has 3 rings (SSSR count). The molecule has 0 aliphatic heterocycles. The highest BCUT2D eigenvalue weighted by Gasteiger charge is 2.51. The molecule has 1 aliphatic carbocycles. The molecule has 24 heavy (non-hydrogen) atoms. The van der Waals surface area contributed by atoms with Crippen molar-refractivity contribution in [3.8, 4) is 0 Å². The van der Waals surface area contributed by atoms with Crippen LogP contribution in [0.5, 0.6) is 0 Å². The normalized spacial score (nSPS) is 14.8. The number of aryl methyl sites for hydroxylation is 1. The molecule has 0 heterocycles. The summed E-state index contributed by atoms with van der Waals surface area (Å²) in [5.41, 5.74) is 2.95. The van der Waals surface area contributed by atoms with E-state index < -0.39 is 5.41 Å². The lowest BCUT2D eigenvalue weighted by atomic mass is 9.95. The van der Waals surface area contributed by atoms with Crippen LogP contribution in [0.1, 0.15) is 30.9 Å². The molecule has 4 nitrogen and oxygen atoms in total. The lowest BCUT2D eigenvalue weighted by Crippen LogP contribution is -2.27. The van der Waals surface area contributed by atoms with Gasteiger partial charge in [0.05, 0.1) is 5.41 Å². The lowest BCUT2D eigenvalue weighted by Gasteiger charge is -2.17. The Bertz CT molecular complexity index is 813. The molecule has 2 aromatic rings. The molecular weight excluding hydrogens is 368 g/mol. The summed E-state index contributed by atoms with van der Waals surface area (Å²) in [5, 5.41) is 5.78. The molecule has 5 heteroatoms. The molecule has 0 atom stereocenters. The molecule has 1 fully saturated rings. The summed E-state index contributed by atoms with van der Waals surface area (Å²) in [4.78, 5) is 24.1. The van der Waals surface area contributed by atoms with Gasteiger partial charge in [0.25, 0.3) is 0 Å². The van der Waals surface area contributed by atoms with Crippen molar-refractivity contribution in [3.63, 3.8) is 0 Å². The van der Waals surface area contributed by atoms with Crippen molar-refractivity contribution < 1.29 is 9.59 Å². The van der Waals surface area contributed by atoms with E-state index >= 15 is 0 Å². The minimum Gasteiger partial charge on any atom is -0.326 e. The third-order valence-electron chi connectivity index (χ3n) is 4.37. The quantitative estimate of drug-likeness (QED) is 0.818. The molecule has 2 aromatic carbocycles. The second kappa shape index (κ2) is 6.40. The first-order chi connectivity index (χ1) is 11.4. The maximum absolute atomic E-state index is 12.8. The zero-order valence-corrected chi connectivity index (χ0v) is 15.2. The Morgan fingerprint density at radius 3 is 2.46 bits per heavy atom. The van der Waals surface area contributed by atoms with E-state index in [1.807, 2.05) is 43.3 Å². The Hall–Kier alpha value is -2.14. The molecule has 0 radical (unpaired) electrons. The highest BCUT2D eigenvalue weighted by atomic mass is 79.9. The molecule has 0 saturated heterocycles. The summed E-state index contributed by atoms with van der Waals surface area (Å²) in [6, 6.07) is 13.4. The largest absolute Gasteiger partial charge is 0.326 e. The molecule has 0 bridgehead atoms. The van der Waals surface area contributed by atoms with Crippen molar-refractivity contribution in [2.24, 2.45) is 0 Å². The Morgan fingerprint density at radius 1 is 1.08 bits per heavy atom. The average molecular weight is 387 g/mol. The number of benzene rings is 2. The van der Waals surface area contributed by atoms with Gasteiger partial charge in [-0.1, -0.05) is 34.1 Å². The van der Waals surface area contributed by atoms with Crippen LogP contribution in [0.3, 0.4) is 0 Å². The van der Waals surface area contributed by atoms with E-state index in [0.717, 1.165) is 28.4 Å². The van der Waals surface area contributed by atoms with Crippen molar-refractivity contribution in [1.82, 2.24) is 0 Å². The molecule has 2 N–H and O–H groups in total. The van der Waals surface area contributed by atoms with E-state index in [-0.39, 0.29) is 11.8 Å². The Balaban J connectivity index is 1.81. The fourth-order valence-electron chi connectivity index (χ4n) is 2.83. The SMILES string of the molecule is CC(=O)Nc1cc(NC(=O)C2(c3cccc(Br)c3)CC2)ccc1C. The molecule has 1 aliphatic rings. The molecule has 1 saturated carbocycles. The van der Waals surface area contributed by atoms with Gasteiger partial charge in [-0.3, -0.25) is 9.59 Å². The average Bonchev–Trinajstić information content (AvgIpc) is 3.32. The van der Waals surface area contributed by atoms with E-state index in [0.29, 0.717) is 11.4 Å². The number of anilines is 2. The van der Waals surface area contributed by atoms with Gasteiger partial charge in [0.1, 0.15) is 0 Å². The highest BCUT2D eigenvalue weighted by Crippen LogP contribution is 2.49. The predicted molar refractivity (Wildman–Crippen MR) is 99.2 cm³/mol. The first kappa shape index (κ1) is 16.7. The van der Waals surface area contributed by atoms with Crippen LogP contribution in [0.25, 0.3) is 0 Å². The van der Waals surface area contributed by atoms with E-state index in [1.54, 1.807) is 6.07 Å². The summed E-state index contributed by atoms with van der Waals surface area (Å²) >= 11 is 3.47. The second-order valence-corrected chi connectivity index (χ2v) is 7.17. The number of nitrogens with one attached hydrogen (secondary N) is 2. The summed E-state index contributed by atoms with van der Waals surface area (Å²) in [5.74, 6) is -0.132. The van der Waals surface area contributed by atoms with Crippen LogP contribution < -0.4 is 10.6 Å². The number of hydrogen-bond donors (Lipinski definition) is 2. The van der Waals surface area contributed by atoms with Gasteiger partial charge in [-0.2, -0.15) is 0 Å². The standard InChI is InChI=1S/C19H19BrN2O2/c1-12-6-7-16(11-17(12)21-13(2)23)22-18(24)19(8-9-19)14-4-3-5-15(20)10-14/h3-7,10-11H,8-9H2,1-2H3,(H,21,23)(H,22,24). The number of rotatable bonds is 4. The fourth-order valence-corrected chi connectivity index (χ4v) is 3.23. The minimum atomic E-state index is -0.442. The Kier molecular flexibility index (Phi) is 4.45. The first-order valence-electron chi connectivity index (χ1n) is 7.86. The van der Waals surface area contributed by atoms with Crippen molar-refractivity contribution in [1.29, 1.82) is 0 Å². The third-order valence-corrected chi connectivity index (χ3v) is 4.86. The Morgan fingerprint density at radius 2 is 1.83 bits per heavy atom. The van der Waals surface area contributed by atoms with Gasteiger partial charge in [0.2, 0.25) is 11.8 Å². The van der Waals surface area contributed by atoms with E-state index in [1.165, 1.54) is 6.92 Å². The van der Waals surface area contributed by atoms with Crippen LogP contribution in [0.2, 0.25) is 0 Å². The van der Waals surface area contributed by atoms with Gasteiger partial charge in [0, 0.05) is 22.8 Å². The van der Waals surface area contributed by atoms with E-state index in [2.05, 4.69) is 26.6 Å². The smallest absolute Gasteiger partial charge is 0.235 e. The van der Waals surface area contributed by atoms with Crippen molar-refractivity contribution >= 4 is 39.1 Å². The zero-order chi connectivity index (χ0) is 17.3. The van der Waals surface area contributed by atoms with Gasteiger partial charge in [-0.25, -0.2) is 0 Å². The monoisotopic (exact) mass is 386 g/mol. The van der Waals surface area contributed by atoms with Gasteiger partial charge >= 0.3 is 0 Å². The molecule has 124 valence electrons. The number of hydrogen-bond acceptors (Lipinski definition) is 2. The Labute approximate surface area is 149 Å². The molecule has 2 amide bonds. The highest BCUT2D eigenvalue weighted by molar-refractivity contribution is 9.10. The first-order valence-corrected chi connectivity index (χ1v) is 8.66. The minimum absolute atomic E-state index is 0.00164. The number of halogens is 1. The van der Waals surface area contributed by atoms with Gasteiger partial charge < -0.3 is 10.6 Å². The molecule has 0 aromatic heterocycles. The number of carbonyl (C=O) groups is 2. The number of carbonyl (C=O) groups excluding carboxylic acids is 2. The third kappa shape index (κ3) is 3.36. The maximum Gasteiger partial charge on any atom is 0.235 e. The zero-order valence-electron chi connectivity index (χ0n) is 13.7. The summed E-state index contributed by atoms with van der Waals surface area (Å²) in [6.07, 6.45) is 1.69. The summed E-state index contributed by atoms with van der Waals surface area (Å²) < 4.78 is 0.974. The topological polar surface area (TPSA) is 58.2 Å². The van der Waals surface area contributed by atoms with Crippen LogP contribution in [0.4, 0.5) is 11.4 Å². The van der Waals surface area contributed by atoms with Crippen LogP contribution in [-0.4, -0.2) is 11.8 Å². The van der Waals surface area contributed by atoms with Crippen molar-refractivity contribution in [3.05, 3.63) is 58.1 Å². The van der Waals surface area contributed by atoms with E-state index in [9.17, 15) is 9.59 Å². The maximum atomic E-state index is 12.8. The lowest BCUT2D eigenvalue weighted by molar-refractivity contribution is -0.118. The van der Waals surface area contributed by atoms with Gasteiger partial charge in [0.15, 0.2) is 0 Å². The van der Waals surface area contributed by atoms with Crippen molar-refractivity contribution in [2.75, 3.05) is 10.6 Å². The van der Waals surface area contributed by atoms with Crippen molar-refractivity contribution in [2.45, 2.75) is 32.1 Å². The second-order valence-electron chi connectivity index (χ2n) is 6.26. The van der Waals surface area contributed by atoms with Gasteiger partial charge in [-0.05, 0) is 55.2 Å². The summed E-state index contributed by atoms with van der Waals surface area (Å²) in [6.45, 7) is 3.39. The number of amides is 2. The predicted octanol–water partition coefficient (Wildman–Crippen LogP) is 4.39. The molecular formula is C19H19BrN2O2. The fraction of sp³-hybridized carbons (Fsp3) is 0.263. The van der Waals surface area contributed by atoms with Crippen LogP contribution in [0, 0.1) is 6.92 Å². The van der Waals surface area contributed by atoms with Crippen LogP contribution in [0.15, 0.2) is 46.9 Å². The summed E-state index contributed by atoms with van der Waals surface area (Å²) in [7, 11) is 0. The van der Waals surface area contributed by atoms with Crippen LogP contribution >= 0.6 is 15.9 Å². The van der Waals surface area contributed by atoms with Crippen LogP contribution in [-0.2, 0) is 15.0 Å². The van der Waals surface area contributed by atoms with E-state index in [4.69, 9.17) is 0 Å².